The summed E-state index contributed by atoms with van der Waals surface area (Å²) in [6.07, 6.45) is 0.108. The van der Waals surface area contributed by atoms with Gasteiger partial charge >= 0.3 is 0 Å². The number of hydrogen-bond donors (Lipinski definition) is 1. The molecule has 0 spiro atoms. The van der Waals surface area contributed by atoms with Gasteiger partial charge in [0.15, 0.2) is 0 Å². The minimum absolute atomic E-state index is 0.138. The van der Waals surface area contributed by atoms with Crippen molar-refractivity contribution in [1.29, 1.82) is 0 Å². The number of carbonyl (C=O) groups excluding carboxylic acids is 2. The van der Waals surface area contributed by atoms with Crippen LogP contribution in [0.5, 0.6) is 0 Å². The van der Waals surface area contributed by atoms with Gasteiger partial charge in [0.05, 0.1) is 6.42 Å². The van der Waals surface area contributed by atoms with E-state index in [4.69, 9.17) is 5.73 Å². The highest BCUT2D eigenvalue weighted by Crippen LogP contribution is 2.05. The van der Waals surface area contributed by atoms with Crippen LogP contribution >= 0.6 is 0 Å². The predicted molar refractivity (Wildman–Crippen MR) is 53.7 cm³/mol. The summed E-state index contributed by atoms with van der Waals surface area (Å²) < 4.78 is 0. The molecule has 0 unspecified atom stereocenters. The van der Waals surface area contributed by atoms with Crippen molar-refractivity contribution in [2.75, 3.05) is 0 Å². The summed E-state index contributed by atoms with van der Waals surface area (Å²) >= 11 is 0. The molecule has 1 aromatic carbocycles. The molecule has 0 fully saturated rings. The zero-order chi connectivity index (χ0) is 10.6. The second-order valence-electron chi connectivity index (χ2n) is 3.34. The van der Waals surface area contributed by atoms with Gasteiger partial charge < -0.3 is 5.73 Å². The first kappa shape index (κ1) is 10.4. The molecule has 1 rings (SSSR count). The monoisotopic (exact) mass is 191 g/mol. The fourth-order valence-corrected chi connectivity index (χ4v) is 1.19. The topological polar surface area (TPSA) is 60.2 Å². The first-order chi connectivity index (χ1) is 6.58. The molecule has 0 aliphatic rings. The number of rotatable bonds is 4. The summed E-state index contributed by atoms with van der Waals surface area (Å²) in [6.45, 7) is 1.98. The maximum absolute atomic E-state index is 11.2. The first-order valence-corrected chi connectivity index (χ1v) is 4.43. The molecule has 0 aromatic heterocycles. The molecule has 0 aliphatic carbocycles. The highest BCUT2D eigenvalue weighted by molar-refractivity contribution is 5.98. The van der Waals surface area contributed by atoms with E-state index in [1.807, 2.05) is 31.2 Å². The van der Waals surface area contributed by atoms with Gasteiger partial charge in [-0.15, -0.1) is 0 Å². The quantitative estimate of drug-likeness (QED) is 0.721. The molecule has 1 amide bonds. The lowest BCUT2D eigenvalue weighted by molar-refractivity contribution is -0.126. The summed E-state index contributed by atoms with van der Waals surface area (Å²) in [5, 5.41) is 0. The van der Waals surface area contributed by atoms with E-state index in [0.717, 1.165) is 11.1 Å². The highest BCUT2D eigenvalue weighted by atomic mass is 16.2. The number of carbonyl (C=O) groups is 2. The Hall–Kier alpha value is -1.64. The van der Waals surface area contributed by atoms with Gasteiger partial charge in [-0.1, -0.05) is 29.8 Å². The summed E-state index contributed by atoms with van der Waals surface area (Å²) in [5.41, 5.74) is 6.98. The Labute approximate surface area is 82.9 Å². The van der Waals surface area contributed by atoms with E-state index >= 15 is 0 Å². The summed E-state index contributed by atoms with van der Waals surface area (Å²) in [4.78, 5) is 21.7. The fraction of sp³-hybridized carbons (Fsp3) is 0.273. The Kier molecular flexibility index (Phi) is 3.40. The van der Waals surface area contributed by atoms with Gasteiger partial charge in [0.2, 0.25) is 5.91 Å². The van der Waals surface area contributed by atoms with E-state index in [0.29, 0.717) is 0 Å². The third-order valence-corrected chi connectivity index (χ3v) is 1.89. The normalized spacial score (nSPS) is 9.79. The van der Waals surface area contributed by atoms with Gasteiger partial charge in [0.1, 0.15) is 5.78 Å². The molecule has 0 aliphatic heterocycles. The smallest absolute Gasteiger partial charge is 0.224 e. The van der Waals surface area contributed by atoms with Crippen LogP contribution < -0.4 is 5.73 Å². The largest absolute Gasteiger partial charge is 0.369 e. The van der Waals surface area contributed by atoms with Crippen LogP contribution in [-0.4, -0.2) is 11.7 Å². The van der Waals surface area contributed by atoms with Gasteiger partial charge in [0.25, 0.3) is 0 Å². The van der Waals surface area contributed by atoms with Gasteiger partial charge in [-0.25, -0.2) is 0 Å². The van der Waals surface area contributed by atoms with E-state index in [2.05, 4.69) is 0 Å². The third kappa shape index (κ3) is 3.39. The standard InChI is InChI=1S/C11H13NO2/c1-8-2-4-9(5-3-8)6-10(13)7-11(12)14/h2-5H,6-7H2,1H3,(H2,12,14). The van der Waals surface area contributed by atoms with Crippen LogP contribution in [0.1, 0.15) is 17.5 Å². The van der Waals surface area contributed by atoms with Crippen LogP contribution in [0.4, 0.5) is 0 Å². The Bertz CT molecular complexity index is 341. The minimum atomic E-state index is -0.567. The van der Waals surface area contributed by atoms with E-state index in [9.17, 15) is 9.59 Å². The molecule has 2 N–H and O–H groups in total. The van der Waals surface area contributed by atoms with Gasteiger partial charge in [-0.05, 0) is 12.5 Å². The van der Waals surface area contributed by atoms with E-state index in [1.54, 1.807) is 0 Å². The van der Waals surface area contributed by atoms with Gasteiger partial charge in [-0.3, -0.25) is 9.59 Å². The van der Waals surface area contributed by atoms with Crippen molar-refractivity contribution in [3.8, 4) is 0 Å². The second-order valence-corrected chi connectivity index (χ2v) is 3.34. The molecule has 0 bridgehead atoms. The van der Waals surface area contributed by atoms with Crippen molar-refractivity contribution in [3.05, 3.63) is 35.4 Å². The Morgan fingerprint density at radius 1 is 1.21 bits per heavy atom. The number of nitrogens with two attached hydrogens (primary N) is 1. The first-order valence-electron chi connectivity index (χ1n) is 4.43. The zero-order valence-electron chi connectivity index (χ0n) is 8.12. The van der Waals surface area contributed by atoms with Crippen LogP contribution in [0, 0.1) is 6.92 Å². The SMILES string of the molecule is Cc1ccc(CC(=O)CC(N)=O)cc1. The molecule has 1 aromatic rings. The van der Waals surface area contributed by atoms with Crippen LogP contribution in [0.25, 0.3) is 0 Å². The van der Waals surface area contributed by atoms with Crippen molar-refractivity contribution in [1.82, 2.24) is 0 Å². The zero-order valence-corrected chi connectivity index (χ0v) is 8.12. The molecule has 3 heteroatoms. The lowest BCUT2D eigenvalue weighted by Gasteiger charge is -1.99. The lowest BCUT2D eigenvalue weighted by Crippen LogP contribution is -2.17. The van der Waals surface area contributed by atoms with Crippen LogP contribution in [0.3, 0.4) is 0 Å². The van der Waals surface area contributed by atoms with Crippen LogP contribution in [0.15, 0.2) is 24.3 Å². The minimum Gasteiger partial charge on any atom is -0.369 e. The fourth-order valence-electron chi connectivity index (χ4n) is 1.19. The molecule has 0 saturated carbocycles. The average molecular weight is 191 g/mol. The summed E-state index contributed by atoms with van der Waals surface area (Å²) in [5.74, 6) is -0.705. The molecule has 0 radical (unpaired) electrons. The highest BCUT2D eigenvalue weighted by Gasteiger charge is 2.06. The maximum atomic E-state index is 11.2. The molecule has 74 valence electrons. The number of aryl methyl sites for hydroxylation is 1. The number of Topliss-reactive ketones (excluding diaryl/α,β-unsaturated/α-hetero) is 1. The molecular weight excluding hydrogens is 178 g/mol. The maximum Gasteiger partial charge on any atom is 0.224 e. The van der Waals surface area contributed by atoms with E-state index < -0.39 is 5.91 Å². The molecular formula is C11H13NO2. The van der Waals surface area contributed by atoms with Gasteiger partial charge in [-0.2, -0.15) is 0 Å². The molecule has 0 atom stereocenters. The van der Waals surface area contributed by atoms with E-state index in [-0.39, 0.29) is 18.6 Å². The summed E-state index contributed by atoms with van der Waals surface area (Å²) in [6, 6.07) is 7.64. The van der Waals surface area contributed by atoms with Crippen molar-refractivity contribution in [2.24, 2.45) is 5.73 Å². The second kappa shape index (κ2) is 4.56. The third-order valence-electron chi connectivity index (χ3n) is 1.89. The number of primary amides is 1. The molecule has 14 heavy (non-hydrogen) atoms. The van der Waals surface area contributed by atoms with Crippen LogP contribution in [0.2, 0.25) is 0 Å². The number of amides is 1. The Morgan fingerprint density at radius 2 is 1.79 bits per heavy atom. The molecule has 3 nitrogen and oxygen atoms in total. The van der Waals surface area contributed by atoms with Crippen molar-refractivity contribution in [2.45, 2.75) is 19.8 Å². The van der Waals surface area contributed by atoms with E-state index in [1.165, 1.54) is 0 Å². The van der Waals surface area contributed by atoms with Crippen molar-refractivity contribution >= 4 is 11.7 Å². The predicted octanol–water partition coefficient (Wildman–Crippen LogP) is 0.982. The van der Waals surface area contributed by atoms with Crippen molar-refractivity contribution < 1.29 is 9.59 Å². The Morgan fingerprint density at radius 3 is 2.29 bits per heavy atom. The van der Waals surface area contributed by atoms with Crippen LogP contribution in [-0.2, 0) is 16.0 Å². The molecule has 0 heterocycles. The number of hydrogen-bond acceptors (Lipinski definition) is 2. The summed E-state index contributed by atoms with van der Waals surface area (Å²) in [7, 11) is 0. The van der Waals surface area contributed by atoms with Gasteiger partial charge in [0, 0.05) is 6.42 Å². The number of ketones is 1. The Balaban J connectivity index is 2.56. The number of benzene rings is 1. The lowest BCUT2D eigenvalue weighted by atomic mass is 10.1. The molecule has 0 saturated heterocycles. The average Bonchev–Trinajstić information content (AvgIpc) is 2.07. The van der Waals surface area contributed by atoms with Crippen molar-refractivity contribution in [3.63, 3.8) is 0 Å².